The molecule has 40 heavy (non-hydrogen) atoms. The van der Waals surface area contributed by atoms with E-state index in [4.69, 9.17) is 0 Å². The second-order valence-corrected chi connectivity index (χ2v) is 10.6. The Kier molecular flexibility index (Phi) is 5.79. The normalized spacial score (nSPS) is 20.1. The highest BCUT2D eigenvalue weighted by atomic mass is 19.1. The summed E-state index contributed by atoms with van der Waals surface area (Å²) in [4.78, 5) is 45.8. The molecule has 0 saturated carbocycles. The SMILES string of the molecule is O=C1NC(=O)C(c2cnc3ccccn23)=C1c1ccc2c3c1cc(F)n3CC(C(=O)N1CCC(CO)CC1)NC2. The molecule has 6 heterocycles. The van der Waals surface area contributed by atoms with Crippen LogP contribution >= 0.6 is 0 Å². The molecule has 0 aliphatic carbocycles. The number of imidazole rings is 1. The van der Waals surface area contributed by atoms with Gasteiger partial charge in [0.1, 0.15) is 11.7 Å². The Balaban J connectivity index is 1.31. The number of pyridine rings is 1. The highest BCUT2D eigenvalue weighted by Gasteiger charge is 2.36. The number of hydrogen-bond donors (Lipinski definition) is 3. The summed E-state index contributed by atoms with van der Waals surface area (Å²) in [6, 6.07) is 9.75. The van der Waals surface area contributed by atoms with Crippen molar-refractivity contribution < 1.29 is 23.9 Å². The zero-order valence-corrected chi connectivity index (χ0v) is 21.6. The van der Waals surface area contributed by atoms with Crippen LogP contribution in [0.1, 0.15) is 29.7 Å². The quantitative estimate of drug-likeness (QED) is 0.338. The number of hydrogen-bond acceptors (Lipinski definition) is 6. The number of nitrogens with one attached hydrogen (secondary N) is 2. The first-order chi connectivity index (χ1) is 19.4. The van der Waals surface area contributed by atoms with Crippen LogP contribution in [0.15, 0.2) is 48.8 Å². The van der Waals surface area contributed by atoms with E-state index in [1.165, 1.54) is 10.6 Å². The fraction of sp³-hybridized carbons (Fsp3) is 0.310. The Hall–Kier alpha value is -4.35. The molecule has 0 spiro atoms. The van der Waals surface area contributed by atoms with E-state index in [0.29, 0.717) is 47.4 Å². The molecular weight excluding hydrogens is 515 g/mol. The fourth-order valence-corrected chi connectivity index (χ4v) is 6.24. The van der Waals surface area contributed by atoms with Gasteiger partial charge in [-0.1, -0.05) is 18.2 Å². The van der Waals surface area contributed by atoms with Crippen molar-refractivity contribution in [2.24, 2.45) is 5.92 Å². The number of imide groups is 1. The Morgan fingerprint density at radius 1 is 1.10 bits per heavy atom. The van der Waals surface area contributed by atoms with Crippen molar-refractivity contribution in [3.8, 4) is 0 Å². The minimum Gasteiger partial charge on any atom is -0.396 e. The number of piperidine rings is 1. The lowest BCUT2D eigenvalue weighted by Crippen LogP contribution is -2.50. The molecule has 3 amide bonds. The maximum absolute atomic E-state index is 15.6. The molecule has 10 nitrogen and oxygen atoms in total. The summed E-state index contributed by atoms with van der Waals surface area (Å²) >= 11 is 0. The third-order valence-corrected chi connectivity index (χ3v) is 8.35. The van der Waals surface area contributed by atoms with Gasteiger partial charge in [0.2, 0.25) is 5.91 Å². The molecule has 3 aromatic heterocycles. The van der Waals surface area contributed by atoms with E-state index in [1.807, 2.05) is 18.2 Å². The summed E-state index contributed by atoms with van der Waals surface area (Å²) in [5.41, 5.74) is 3.26. The maximum Gasteiger partial charge on any atom is 0.261 e. The summed E-state index contributed by atoms with van der Waals surface area (Å²) in [7, 11) is 0. The summed E-state index contributed by atoms with van der Waals surface area (Å²) in [5, 5.41) is 15.6. The molecule has 1 unspecified atom stereocenters. The van der Waals surface area contributed by atoms with Crippen molar-refractivity contribution in [1.82, 2.24) is 29.5 Å². The Morgan fingerprint density at radius 2 is 1.90 bits per heavy atom. The molecule has 1 saturated heterocycles. The van der Waals surface area contributed by atoms with Crippen LogP contribution < -0.4 is 10.6 Å². The predicted molar refractivity (Wildman–Crippen MR) is 144 cm³/mol. The molecule has 0 bridgehead atoms. The van der Waals surface area contributed by atoms with Gasteiger partial charge in [-0.2, -0.15) is 4.39 Å². The number of halogens is 1. The summed E-state index contributed by atoms with van der Waals surface area (Å²) in [6.45, 7) is 1.67. The van der Waals surface area contributed by atoms with Crippen molar-refractivity contribution in [3.05, 3.63) is 71.6 Å². The second-order valence-electron chi connectivity index (χ2n) is 10.6. The number of rotatable bonds is 4. The molecule has 204 valence electrons. The monoisotopic (exact) mass is 542 g/mol. The van der Waals surface area contributed by atoms with Crippen molar-refractivity contribution in [2.45, 2.75) is 32.0 Å². The minimum atomic E-state index is -0.629. The molecule has 1 atom stereocenters. The number of likely N-dealkylation sites (tertiary alicyclic amines) is 1. The number of carbonyl (C=O) groups excluding carboxylic acids is 3. The van der Waals surface area contributed by atoms with Gasteiger partial charge >= 0.3 is 0 Å². The zero-order valence-electron chi connectivity index (χ0n) is 21.6. The van der Waals surface area contributed by atoms with Gasteiger partial charge in [-0.05, 0) is 42.0 Å². The van der Waals surface area contributed by atoms with E-state index in [1.54, 1.807) is 33.8 Å². The smallest absolute Gasteiger partial charge is 0.261 e. The van der Waals surface area contributed by atoms with Crippen LogP contribution in [0.2, 0.25) is 0 Å². The van der Waals surface area contributed by atoms with Gasteiger partial charge in [0, 0.05) is 50.4 Å². The molecule has 4 aromatic rings. The first-order valence-electron chi connectivity index (χ1n) is 13.4. The summed E-state index contributed by atoms with van der Waals surface area (Å²) in [6.07, 6.45) is 4.80. The van der Waals surface area contributed by atoms with Crippen LogP contribution in [-0.2, 0) is 27.5 Å². The second kappa shape index (κ2) is 9.39. The van der Waals surface area contributed by atoms with E-state index in [9.17, 15) is 19.5 Å². The Morgan fingerprint density at radius 3 is 2.70 bits per heavy atom. The molecule has 7 rings (SSSR count). The minimum absolute atomic E-state index is 0.0921. The molecule has 0 radical (unpaired) electrons. The van der Waals surface area contributed by atoms with Crippen LogP contribution in [0, 0.1) is 11.9 Å². The van der Waals surface area contributed by atoms with E-state index in [0.717, 1.165) is 18.4 Å². The number of fused-ring (bicyclic) bond motifs is 1. The maximum atomic E-state index is 15.6. The van der Waals surface area contributed by atoms with Gasteiger partial charge in [-0.3, -0.25) is 24.1 Å². The topological polar surface area (TPSA) is 121 Å². The van der Waals surface area contributed by atoms with Gasteiger partial charge in [0.15, 0.2) is 5.95 Å². The molecule has 1 aromatic carbocycles. The van der Waals surface area contributed by atoms with Crippen molar-refractivity contribution in [3.63, 3.8) is 0 Å². The molecule has 3 aliphatic rings. The Bertz CT molecular complexity index is 1750. The largest absolute Gasteiger partial charge is 0.396 e. The average molecular weight is 543 g/mol. The molecule has 3 aliphatic heterocycles. The van der Waals surface area contributed by atoms with E-state index < -0.39 is 23.8 Å². The van der Waals surface area contributed by atoms with Crippen LogP contribution in [0.3, 0.4) is 0 Å². The lowest BCUT2D eigenvalue weighted by atomic mass is 9.95. The van der Waals surface area contributed by atoms with Crippen molar-refractivity contribution in [2.75, 3.05) is 19.7 Å². The lowest BCUT2D eigenvalue weighted by molar-refractivity contribution is -0.135. The molecule has 3 N–H and O–H groups in total. The van der Waals surface area contributed by atoms with Crippen LogP contribution in [0.5, 0.6) is 0 Å². The van der Waals surface area contributed by atoms with Gasteiger partial charge in [0.25, 0.3) is 11.8 Å². The van der Waals surface area contributed by atoms with Gasteiger partial charge < -0.3 is 19.9 Å². The number of nitrogens with zero attached hydrogens (tertiary/aromatic N) is 4. The summed E-state index contributed by atoms with van der Waals surface area (Å²) < 4.78 is 18.8. The number of aromatic nitrogens is 3. The highest BCUT2D eigenvalue weighted by Crippen LogP contribution is 2.38. The first kappa shape index (κ1) is 24.7. The predicted octanol–water partition coefficient (Wildman–Crippen LogP) is 1.70. The lowest BCUT2D eigenvalue weighted by Gasteiger charge is -2.33. The number of amides is 3. The first-order valence-corrected chi connectivity index (χ1v) is 13.4. The van der Waals surface area contributed by atoms with Crippen molar-refractivity contribution >= 4 is 45.4 Å². The molecular formula is C29H27FN6O4. The van der Waals surface area contributed by atoms with Gasteiger partial charge in [0.05, 0.1) is 28.6 Å². The van der Waals surface area contributed by atoms with Crippen LogP contribution in [-0.4, -0.2) is 67.4 Å². The third-order valence-electron chi connectivity index (χ3n) is 8.35. The van der Waals surface area contributed by atoms with Crippen LogP contribution in [0.25, 0.3) is 27.7 Å². The summed E-state index contributed by atoms with van der Waals surface area (Å²) in [5.74, 6) is -1.51. The number of aliphatic hydroxyl groups excluding tert-OH is 1. The highest BCUT2D eigenvalue weighted by molar-refractivity contribution is 6.49. The van der Waals surface area contributed by atoms with E-state index in [-0.39, 0.29) is 36.1 Å². The molecule has 11 heteroatoms. The van der Waals surface area contributed by atoms with Gasteiger partial charge in [-0.15, -0.1) is 0 Å². The fourth-order valence-electron chi connectivity index (χ4n) is 6.24. The van der Waals surface area contributed by atoms with Crippen molar-refractivity contribution in [1.29, 1.82) is 0 Å². The Labute approximate surface area is 228 Å². The third kappa shape index (κ3) is 3.76. The number of carbonyl (C=O) groups is 3. The van der Waals surface area contributed by atoms with E-state index >= 15 is 4.39 Å². The standard InChI is InChI=1S/C29H27FN6O4/c30-22-11-19-18(24-25(28(39)33-27(24)38)21-13-32-23-3-1-2-8-35(21)23)5-4-17-12-31-20(14-36(22)26(17)19)29(40)34-9-6-16(15-37)7-10-34/h1-5,8,11,13,16,20,31,37H,6-7,9-10,12,14-15H2,(H,33,38,39). The van der Waals surface area contributed by atoms with Crippen LogP contribution in [0.4, 0.5) is 4.39 Å². The average Bonchev–Trinajstić information content (AvgIpc) is 3.57. The van der Waals surface area contributed by atoms with Gasteiger partial charge in [-0.25, -0.2) is 4.98 Å². The number of aliphatic hydroxyl groups is 1. The molecule has 1 fully saturated rings. The number of benzene rings is 1. The zero-order chi connectivity index (χ0) is 27.5. The van der Waals surface area contributed by atoms with E-state index in [2.05, 4.69) is 15.6 Å².